The zero-order valence-electron chi connectivity index (χ0n) is 8.82. The Balaban J connectivity index is 2.72. The van der Waals surface area contributed by atoms with Crippen molar-refractivity contribution in [2.45, 2.75) is 6.42 Å². The van der Waals surface area contributed by atoms with Crippen LogP contribution < -0.4 is 10.4 Å². The van der Waals surface area contributed by atoms with Gasteiger partial charge in [0.15, 0.2) is 0 Å². The molecule has 1 N–H and O–H groups in total. The third-order valence-electron chi connectivity index (χ3n) is 2.36. The number of fused-ring (bicyclic) bond motifs is 1. The molecule has 1 heterocycles. The van der Waals surface area contributed by atoms with Crippen LogP contribution in [0.1, 0.15) is 5.56 Å². The van der Waals surface area contributed by atoms with Gasteiger partial charge in [0, 0.05) is 23.9 Å². The van der Waals surface area contributed by atoms with E-state index in [1.54, 1.807) is 19.2 Å². The van der Waals surface area contributed by atoms with Gasteiger partial charge in [0.1, 0.15) is 11.3 Å². The summed E-state index contributed by atoms with van der Waals surface area (Å²) < 4.78 is 10.1. The van der Waals surface area contributed by atoms with Crippen LogP contribution in [-0.2, 0) is 6.42 Å². The molecule has 0 radical (unpaired) electrons. The van der Waals surface area contributed by atoms with E-state index in [1.807, 2.05) is 6.07 Å². The molecule has 0 bridgehead atoms. The number of hydrogen-bond donors (Lipinski definition) is 1. The van der Waals surface area contributed by atoms with Gasteiger partial charge < -0.3 is 14.6 Å². The summed E-state index contributed by atoms with van der Waals surface area (Å²) in [6.07, 6.45) is 1.69. The molecule has 0 saturated heterocycles. The monoisotopic (exact) mass is 217 g/mol. The number of methoxy groups -OCH3 is 1. The van der Waals surface area contributed by atoms with Gasteiger partial charge >= 0.3 is 5.63 Å². The molecule has 2 aromatic rings. The van der Waals surface area contributed by atoms with Crippen molar-refractivity contribution < 1.29 is 9.15 Å². The molecule has 0 aliphatic heterocycles. The lowest BCUT2D eigenvalue weighted by Crippen LogP contribution is -2.01. The van der Waals surface area contributed by atoms with Crippen molar-refractivity contribution in [3.8, 4) is 5.75 Å². The second-order valence-corrected chi connectivity index (χ2v) is 3.36. The third-order valence-corrected chi connectivity index (χ3v) is 2.36. The predicted molar refractivity (Wildman–Crippen MR) is 61.5 cm³/mol. The van der Waals surface area contributed by atoms with Crippen molar-refractivity contribution in [3.63, 3.8) is 0 Å². The highest BCUT2D eigenvalue weighted by Crippen LogP contribution is 2.22. The average molecular weight is 217 g/mol. The molecule has 0 fully saturated rings. The highest BCUT2D eigenvalue weighted by atomic mass is 16.5. The van der Waals surface area contributed by atoms with Crippen LogP contribution in [0.5, 0.6) is 5.75 Å². The maximum atomic E-state index is 11.3. The van der Waals surface area contributed by atoms with Crippen LogP contribution in [0.2, 0.25) is 0 Å². The van der Waals surface area contributed by atoms with E-state index in [4.69, 9.17) is 14.6 Å². The molecular formula is C12H11NO3. The summed E-state index contributed by atoms with van der Waals surface area (Å²) in [5.41, 5.74) is 0.880. The highest BCUT2D eigenvalue weighted by molar-refractivity contribution is 5.83. The molecule has 0 unspecified atom stereocenters. The molecule has 4 heteroatoms. The number of nitrogens with one attached hydrogen (secondary N) is 1. The Morgan fingerprint density at radius 2 is 2.25 bits per heavy atom. The molecule has 0 saturated carbocycles. The number of ether oxygens (including phenoxy) is 1. The Bertz CT molecular complexity index is 586. The van der Waals surface area contributed by atoms with Crippen molar-refractivity contribution in [3.05, 3.63) is 40.2 Å². The Morgan fingerprint density at radius 3 is 2.94 bits per heavy atom. The lowest BCUT2D eigenvalue weighted by atomic mass is 10.1. The topological polar surface area (TPSA) is 63.3 Å². The second-order valence-electron chi connectivity index (χ2n) is 3.36. The van der Waals surface area contributed by atoms with E-state index < -0.39 is 5.63 Å². The first-order valence-electron chi connectivity index (χ1n) is 4.84. The zero-order valence-corrected chi connectivity index (χ0v) is 8.82. The van der Waals surface area contributed by atoms with E-state index in [9.17, 15) is 4.79 Å². The van der Waals surface area contributed by atoms with E-state index in [0.717, 1.165) is 10.9 Å². The number of rotatable bonds is 3. The second kappa shape index (κ2) is 4.18. The molecule has 16 heavy (non-hydrogen) atoms. The summed E-state index contributed by atoms with van der Waals surface area (Å²) in [5.74, 6) is 0.641. The van der Waals surface area contributed by atoms with E-state index in [2.05, 4.69) is 0 Å². The maximum Gasteiger partial charge on any atom is 0.336 e. The molecule has 0 aliphatic rings. The quantitative estimate of drug-likeness (QED) is 0.631. The highest BCUT2D eigenvalue weighted by Gasteiger charge is 2.05. The van der Waals surface area contributed by atoms with Crippen LogP contribution in [-0.4, -0.2) is 13.3 Å². The summed E-state index contributed by atoms with van der Waals surface area (Å²) in [7, 11) is 1.56. The van der Waals surface area contributed by atoms with Gasteiger partial charge in [-0.3, -0.25) is 0 Å². The van der Waals surface area contributed by atoms with Gasteiger partial charge in [0.05, 0.1) is 7.11 Å². The van der Waals surface area contributed by atoms with Gasteiger partial charge in [-0.25, -0.2) is 4.79 Å². The lowest BCUT2D eigenvalue weighted by Gasteiger charge is -2.04. The van der Waals surface area contributed by atoms with E-state index >= 15 is 0 Å². The van der Waals surface area contributed by atoms with Crippen LogP contribution in [0.4, 0.5) is 0 Å². The first-order valence-corrected chi connectivity index (χ1v) is 4.84. The average Bonchev–Trinajstić information content (AvgIpc) is 2.28. The van der Waals surface area contributed by atoms with Crippen LogP contribution in [0, 0.1) is 5.41 Å². The van der Waals surface area contributed by atoms with Gasteiger partial charge in [-0.1, -0.05) is 0 Å². The molecule has 0 aliphatic carbocycles. The lowest BCUT2D eigenvalue weighted by molar-refractivity contribution is 0.414. The smallest absolute Gasteiger partial charge is 0.336 e. The SMILES string of the molecule is COc1ccc2c(CC=N)cc(=O)oc2c1. The minimum atomic E-state index is -0.405. The van der Waals surface area contributed by atoms with E-state index in [0.29, 0.717) is 17.8 Å². The summed E-state index contributed by atoms with van der Waals surface area (Å²) in [4.78, 5) is 11.3. The summed E-state index contributed by atoms with van der Waals surface area (Å²) in [6.45, 7) is 0. The van der Waals surface area contributed by atoms with Crippen molar-refractivity contribution >= 4 is 17.2 Å². The largest absolute Gasteiger partial charge is 0.497 e. The predicted octanol–water partition coefficient (Wildman–Crippen LogP) is 1.99. The molecule has 82 valence electrons. The van der Waals surface area contributed by atoms with Crippen LogP contribution in [0.25, 0.3) is 11.0 Å². The number of benzene rings is 1. The third kappa shape index (κ3) is 1.82. The first-order chi connectivity index (χ1) is 7.74. The minimum Gasteiger partial charge on any atom is -0.497 e. The Kier molecular flexibility index (Phi) is 2.72. The van der Waals surface area contributed by atoms with Crippen LogP contribution in [0.15, 0.2) is 33.5 Å². The molecule has 1 aromatic heterocycles. The van der Waals surface area contributed by atoms with Gasteiger partial charge in [0.2, 0.25) is 0 Å². The van der Waals surface area contributed by atoms with Gasteiger partial charge in [-0.2, -0.15) is 0 Å². The Hall–Kier alpha value is -2.10. The Labute approximate surface area is 92.0 Å². The zero-order chi connectivity index (χ0) is 11.5. The van der Waals surface area contributed by atoms with Gasteiger partial charge in [-0.05, 0) is 23.9 Å². The summed E-state index contributed by atoms with van der Waals surface area (Å²) >= 11 is 0. The van der Waals surface area contributed by atoms with Crippen molar-refractivity contribution in [2.75, 3.05) is 7.11 Å². The fourth-order valence-electron chi connectivity index (χ4n) is 1.62. The number of hydrogen-bond acceptors (Lipinski definition) is 4. The molecule has 0 amide bonds. The van der Waals surface area contributed by atoms with Crippen LogP contribution in [0.3, 0.4) is 0 Å². The van der Waals surface area contributed by atoms with Crippen molar-refractivity contribution in [2.24, 2.45) is 0 Å². The van der Waals surface area contributed by atoms with Gasteiger partial charge in [-0.15, -0.1) is 0 Å². The van der Waals surface area contributed by atoms with Crippen molar-refractivity contribution in [1.82, 2.24) is 0 Å². The minimum absolute atomic E-state index is 0.405. The first kappa shape index (κ1) is 10.4. The van der Waals surface area contributed by atoms with E-state index in [-0.39, 0.29) is 0 Å². The fourth-order valence-corrected chi connectivity index (χ4v) is 1.62. The molecule has 0 atom stereocenters. The standard InChI is InChI=1S/C12H11NO3/c1-15-9-2-3-10-8(4-5-13)6-12(14)16-11(10)7-9/h2-3,5-7,13H,4H2,1H3. The fraction of sp³-hybridized carbons (Fsp3) is 0.167. The summed E-state index contributed by atoms with van der Waals surface area (Å²) in [5, 5.41) is 7.92. The Morgan fingerprint density at radius 1 is 1.44 bits per heavy atom. The van der Waals surface area contributed by atoms with Crippen LogP contribution >= 0.6 is 0 Å². The van der Waals surface area contributed by atoms with E-state index in [1.165, 1.54) is 12.3 Å². The molecule has 2 rings (SSSR count). The summed E-state index contributed by atoms with van der Waals surface area (Å²) in [6, 6.07) is 6.72. The maximum absolute atomic E-state index is 11.3. The normalized spacial score (nSPS) is 10.3. The molecule has 0 spiro atoms. The molecule has 1 aromatic carbocycles. The van der Waals surface area contributed by atoms with Gasteiger partial charge in [0.25, 0.3) is 0 Å². The van der Waals surface area contributed by atoms with Crippen molar-refractivity contribution in [1.29, 1.82) is 5.41 Å². The molecular weight excluding hydrogens is 206 g/mol. The molecule has 4 nitrogen and oxygen atoms in total.